The molecule has 0 radical (unpaired) electrons. The molecule has 1 rings (SSSR count). The van der Waals surface area contributed by atoms with Gasteiger partial charge in [-0.2, -0.15) is 5.26 Å². The van der Waals surface area contributed by atoms with Gasteiger partial charge in [0.05, 0.1) is 0 Å². The molecule has 0 amide bonds. The summed E-state index contributed by atoms with van der Waals surface area (Å²) in [5.74, 6) is 0. The van der Waals surface area contributed by atoms with Crippen LogP contribution in [0.2, 0.25) is 19.6 Å². The van der Waals surface area contributed by atoms with E-state index in [4.69, 9.17) is 4.43 Å². The number of hydrogen-bond acceptors (Lipinski definition) is 2. The zero-order valence-corrected chi connectivity index (χ0v) is 11.0. The van der Waals surface area contributed by atoms with E-state index in [1.807, 2.05) is 30.3 Å². The summed E-state index contributed by atoms with van der Waals surface area (Å²) in [7, 11) is -1.81. The number of hydrogen-bond donors (Lipinski definition) is 0. The third-order valence-electron chi connectivity index (χ3n) is 2.12. The van der Waals surface area contributed by atoms with Crippen molar-refractivity contribution in [3.05, 3.63) is 48.6 Å². The van der Waals surface area contributed by atoms with Crippen molar-refractivity contribution in [3.63, 3.8) is 0 Å². The molecule has 0 aliphatic rings. The second-order valence-electron chi connectivity index (χ2n) is 4.63. The first-order valence-electron chi connectivity index (χ1n) is 5.24. The smallest absolute Gasteiger partial charge is 0.189 e. The van der Waals surface area contributed by atoms with Crippen LogP contribution in [-0.2, 0) is 10.0 Å². The average molecular weight is 231 g/mol. The molecule has 1 aromatic rings. The quantitative estimate of drug-likeness (QED) is 0.587. The largest absolute Gasteiger partial charge is 0.394 e. The van der Waals surface area contributed by atoms with Gasteiger partial charge in [0.2, 0.25) is 0 Å². The highest BCUT2D eigenvalue weighted by molar-refractivity contribution is 6.69. The fourth-order valence-corrected chi connectivity index (χ4v) is 2.73. The van der Waals surface area contributed by atoms with Crippen molar-refractivity contribution in [3.8, 4) is 6.07 Å². The summed E-state index contributed by atoms with van der Waals surface area (Å²) in [5.41, 5.74) is -0.166. The molecule has 0 N–H and O–H groups in total. The Balaban J connectivity index is 3.18. The van der Waals surface area contributed by atoms with E-state index in [1.54, 1.807) is 6.08 Å². The van der Waals surface area contributed by atoms with Crippen molar-refractivity contribution in [1.29, 1.82) is 5.26 Å². The molecule has 0 aromatic heterocycles. The molecule has 0 aliphatic heterocycles. The fraction of sp³-hybridized carbons (Fsp3) is 0.308. The third kappa shape index (κ3) is 2.81. The van der Waals surface area contributed by atoms with Gasteiger partial charge in [0.25, 0.3) is 0 Å². The van der Waals surface area contributed by atoms with E-state index in [9.17, 15) is 5.26 Å². The predicted molar refractivity (Wildman–Crippen MR) is 68.4 cm³/mol. The summed E-state index contributed by atoms with van der Waals surface area (Å²) in [6.07, 6.45) is 1.58. The van der Waals surface area contributed by atoms with Gasteiger partial charge < -0.3 is 4.43 Å². The maximum absolute atomic E-state index is 9.37. The first-order chi connectivity index (χ1) is 7.43. The lowest BCUT2D eigenvalue weighted by molar-refractivity contribution is 0.173. The third-order valence-corrected chi connectivity index (χ3v) is 3.06. The molecule has 3 heteroatoms. The van der Waals surface area contributed by atoms with Crippen molar-refractivity contribution in [2.75, 3.05) is 0 Å². The van der Waals surface area contributed by atoms with Crippen LogP contribution in [0.5, 0.6) is 0 Å². The van der Waals surface area contributed by atoms with Crippen LogP contribution in [0, 0.1) is 11.3 Å². The van der Waals surface area contributed by atoms with Gasteiger partial charge in [-0.05, 0) is 25.7 Å². The molecule has 0 aliphatic carbocycles. The summed E-state index contributed by atoms with van der Waals surface area (Å²) in [4.78, 5) is 0. The maximum atomic E-state index is 9.37. The number of rotatable bonds is 4. The number of benzene rings is 1. The highest BCUT2D eigenvalue weighted by Crippen LogP contribution is 2.29. The Morgan fingerprint density at radius 1 is 1.31 bits per heavy atom. The Hall–Kier alpha value is -1.37. The first-order valence-corrected chi connectivity index (χ1v) is 8.65. The molecule has 1 aromatic carbocycles. The van der Waals surface area contributed by atoms with Crippen LogP contribution in [0.25, 0.3) is 0 Å². The van der Waals surface area contributed by atoms with E-state index >= 15 is 0 Å². The highest BCUT2D eigenvalue weighted by Gasteiger charge is 2.35. The minimum atomic E-state index is -1.81. The van der Waals surface area contributed by atoms with E-state index in [0.29, 0.717) is 0 Å². The molecule has 84 valence electrons. The van der Waals surface area contributed by atoms with Gasteiger partial charge in [0.15, 0.2) is 13.9 Å². The molecule has 1 unspecified atom stereocenters. The summed E-state index contributed by atoms with van der Waals surface area (Å²) in [5, 5.41) is 9.37. The van der Waals surface area contributed by atoms with Crippen molar-refractivity contribution in [2.24, 2.45) is 0 Å². The van der Waals surface area contributed by atoms with Gasteiger partial charge in [0.1, 0.15) is 6.07 Å². The fourth-order valence-electron chi connectivity index (χ4n) is 1.52. The summed E-state index contributed by atoms with van der Waals surface area (Å²) in [6, 6.07) is 11.7. The normalized spacial score (nSPS) is 14.9. The Morgan fingerprint density at radius 3 is 2.25 bits per heavy atom. The molecular formula is C13H17NOSi. The van der Waals surface area contributed by atoms with E-state index in [1.165, 1.54) is 0 Å². The van der Waals surface area contributed by atoms with E-state index in [2.05, 4.69) is 32.3 Å². The van der Waals surface area contributed by atoms with E-state index in [-0.39, 0.29) is 0 Å². The lowest BCUT2D eigenvalue weighted by atomic mass is 9.96. The Kier molecular flexibility index (Phi) is 3.69. The van der Waals surface area contributed by atoms with Crippen LogP contribution >= 0.6 is 0 Å². The minimum absolute atomic E-state index is 0.843. The second kappa shape index (κ2) is 4.65. The van der Waals surface area contributed by atoms with Gasteiger partial charge in [-0.3, -0.25) is 0 Å². The Bertz CT molecular complexity index is 402. The highest BCUT2D eigenvalue weighted by atomic mass is 28.4. The lowest BCUT2D eigenvalue weighted by Gasteiger charge is -2.31. The van der Waals surface area contributed by atoms with Gasteiger partial charge in [-0.1, -0.05) is 36.9 Å². The van der Waals surface area contributed by atoms with Crippen LogP contribution in [0.3, 0.4) is 0 Å². The minimum Gasteiger partial charge on any atom is -0.394 e. The van der Waals surface area contributed by atoms with E-state index in [0.717, 1.165) is 5.56 Å². The summed E-state index contributed by atoms with van der Waals surface area (Å²) >= 11 is 0. The molecule has 0 saturated heterocycles. The predicted octanol–water partition coefficient (Wildman–Crippen LogP) is 3.44. The van der Waals surface area contributed by atoms with Crippen LogP contribution in [0.15, 0.2) is 43.0 Å². The summed E-state index contributed by atoms with van der Waals surface area (Å²) in [6.45, 7) is 9.92. The van der Waals surface area contributed by atoms with Crippen molar-refractivity contribution < 1.29 is 4.43 Å². The maximum Gasteiger partial charge on any atom is 0.189 e. The molecule has 0 heterocycles. The molecule has 0 spiro atoms. The average Bonchev–Trinajstić information content (AvgIpc) is 2.26. The molecule has 0 saturated carbocycles. The van der Waals surface area contributed by atoms with Gasteiger partial charge in [-0.15, -0.1) is 0 Å². The number of nitriles is 1. The van der Waals surface area contributed by atoms with E-state index < -0.39 is 13.9 Å². The zero-order valence-electron chi connectivity index (χ0n) is 10.0. The van der Waals surface area contributed by atoms with Crippen LogP contribution < -0.4 is 0 Å². The SMILES string of the molecule is C=CC(C#N)(O[Si](C)(C)C)c1ccccc1. The number of nitrogens with zero attached hydrogens (tertiary/aromatic N) is 1. The first kappa shape index (κ1) is 12.7. The van der Waals surface area contributed by atoms with Gasteiger partial charge >= 0.3 is 0 Å². The molecule has 1 atom stereocenters. The van der Waals surface area contributed by atoms with Gasteiger partial charge in [0, 0.05) is 5.56 Å². The second-order valence-corrected chi connectivity index (χ2v) is 9.06. The topological polar surface area (TPSA) is 33.0 Å². The van der Waals surface area contributed by atoms with Crippen LogP contribution in [-0.4, -0.2) is 8.32 Å². The Morgan fingerprint density at radius 2 is 1.88 bits per heavy atom. The Labute approximate surface area is 98.3 Å². The molecule has 0 bridgehead atoms. The van der Waals surface area contributed by atoms with Crippen molar-refractivity contribution >= 4 is 8.32 Å². The summed E-state index contributed by atoms with van der Waals surface area (Å²) < 4.78 is 5.97. The van der Waals surface area contributed by atoms with Crippen molar-refractivity contribution in [2.45, 2.75) is 25.2 Å². The zero-order chi connectivity index (χ0) is 12.2. The van der Waals surface area contributed by atoms with Crippen LogP contribution in [0.4, 0.5) is 0 Å². The van der Waals surface area contributed by atoms with Gasteiger partial charge in [-0.25, -0.2) is 0 Å². The molecule has 0 fully saturated rings. The molecular weight excluding hydrogens is 214 g/mol. The standard InChI is InChI=1S/C13H17NOSi/c1-5-13(11-14,15-16(2,3)4)12-9-7-6-8-10-12/h5-10H,1H2,2-4H3. The molecule has 16 heavy (non-hydrogen) atoms. The molecule has 2 nitrogen and oxygen atoms in total. The van der Waals surface area contributed by atoms with Crippen molar-refractivity contribution in [1.82, 2.24) is 0 Å². The van der Waals surface area contributed by atoms with Crippen LogP contribution in [0.1, 0.15) is 5.56 Å². The lowest BCUT2D eigenvalue weighted by Crippen LogP contribution is -2.38. The monoisotopic (exact) mass is 231 g/mol.